The van der Waals surface area contributed by atoms with E-state index in [1.54, 1.807) is 0 Å². The number of alkyl halides is 1. The summed E-state index contributed by atoms with van der Waals surface area (Å²) >= 11 is 1.10. The number of hydrogen-bond acceptors (Lipinski definition) is 6. The summed E-state index contributed by atoms with van der Waals surface area (Å²) in [5.74, 6) is 0. The minimum Gasteiger partial charge on any atom is -0.395 e. The van der Waals surface area contributed by atoms with Crippen LogP contribution in [0.25, 0.3) is 11.2 Å². The Morgan fingerprint density at radius 3 is 3.00 bits per heavy atom. The zero-order valence-corrected chi connectivity index (χ0v) is 10.4. The van der Waals surface area contributed by atoms with Crippen LogP contribution in [0, 0.1) is 0 Å². The summed E-state index contributed by atoms with van der Waals surface area (Å²) in [5.41, 5.74) is 0.0287. The quantitative estimate of drug-likeness (QED) is 0.682. The number of nitrogens with zero attached hydrogens (tertiary/aromatic N) is 3. The van der Waals surface area contributed by atoms with E-state index < -0.39 is 28.5 Å². The zero-order chi connectivity index (χ0) is 13.6. The highest BCUT2D eigenvalue weighted by molar-refractivity contribution is 8.00. The molecule has 0 unspecified atom stereocenters. The Labute approximate surface area is 110 Å². The Balaban J connectivity index is 2.06. The van der Waals surface area contributed by atoms with Crippen LogP contribution in [0.4, 0.5) is 4.39 Å². The van der Waals surface area contributed by atoms with Gasteiger partial charge < -0.3 is 15.2 Å². The molecule has 2 aromatic rings. The smallest absolute Gasteiger partial charge is 0.278 e. The molecule has 1 aliphatic rings. The van der Waals surface area contributed by atoms with E-state index >= 15 is 0 Å². The van der Waals surface area contributed by atoms with Gasteiger partial charge in [-0.25, -0.2) is 14.4 Å². The van der Waals surface area contributed by atoms with E-state index in [0.29, 0.717) is 0 Å². The third kappa shape index (κ3) is 1.85. The molecule has 0 amide bonds. The van der Waals surface area contributed by atoms with Gasteiger partial charge in [-0.05, 0) is 0 Å². The monoisotopic (exact) mass is 286 g/mol. The van der Waals surface area contributed by atoms with Gasteiger partial charge in [0.1, 0.15) is 17.6 Å². The van der Waals surface area contributed by atoms with Crippen molar-refractivity contribution in [2.75, 3.05) is 6.61 Å². The predicted molar refractivity (Wildman–Crippen MR) is 66.6 cm³/mol. The van der Waals surface area contributed by atoms with E-state index in [1.807, 2.05) is 0 Å². The number of hydrogen-bond donors (Lipinski definition) is 3. The van der Waals surface area contributed by atoms with Gasteiger partial charge in [0.15, 0.2) is 11.2 Å². The first-order chi connectivity index (χ1) is 9.13. The van der Waals surface area contributed by atoms with E-state index in [0.717, 1.165) is 11.8 Å². The van der Waals surface area contributed by atoms with Gasteiger partial charge in [-0.1, -0.05) is 0 Å². The molecule has 3 rings (SSSR count). The molecule has 0 spiro atoms. The fourth-order valence-electron chi connectivity index (χ4n) is 2.13. The Morgan fingerprint density at radius 1 is 1.53 bits per heavy atom. The third-order valence-electron chi connectivity index (χ3n) is 3.11. The summed E-state index contributed by atoms with van der Waals surface area (Å²) in [6.45, 7) is -0.361. The van der Waals surface area contributed by atoms with Gasteiger partial charge in [-0.15, -0.1) is 11.8 Å². The van der Waals surface area contributed by atoms with Crippen LogP contribution in [-0.2, 0) is 0 Å². The normalized spacial score (nSPS) is 31.1. The molecule has 3 N–H and O–H groups in total. The van der Waals surface area contributed by atoms with E-state index in [4.69, 9.17) is 5.11 Å². The van der Waals surface area contributed by atoms with Gasteiger partial charge in [0.25, 0.3) is 5.56 Å². The maximum atomic E-state index is 13.8. The van der Waals surface area contributed by atoms with Crippen molar-refractivity contribution in [3.8, 4) is 0 Å². The molecule has 0 aromatic carbocycles. The summed E-state index contributed by atoms with van der Waals surface area (Å²) in [6.07, 6.45) is -0.231. The molecule has 1 aliphatic heterocycles. The zero-order valence-electron chi connectivity index (χ0n) is 9.60. The van der Waals surface area contributed by atoms with Crippen LogP contribution in [0.2, 0.25) is 0 Å². The lowest BCUT2D eigenvalue weighted by atomic mass is 10.1. The summed E-state index contributed by atoms with van der Waals surface area (Å²) in [7, 11) is 0. The van der Waals surface area contributed by atoms with Crippen molar-refractivity contribution >= 4 is 22.9 Å². The van der Waals surface area contributed by atoms with Crippen LogP contribution in [0.15, 0.2) is 17.4 Å². The van der Waals surface area contributed by atoms with Crippen LogP contribution in [0.3, 0.4) is 0 Å². The maximum absolute atomic E-state index is 13.8. The maximum Gasteiger partial charge on any atom is 0.278 e. The first-order valence-electron chi connectivity index (χ1n) is 5.62. The van der Waals surface area contributed by atoms with E-state index in [2.05, 4.69) is 15.0 Å². The number of rotatable bonds is 2. The molecule has 19 heavy (non-hydrogen) atoms. The molecule has 1 saturated heterocycles. The lowest BCUT2D eigenvalue weighted by Crippen LogP contribution is -2.29. The Hall–Kier alpha value is -1.45. The van der Waals surface area contributed by atoms with Gasteiger partial charge in [0, 0.05) is 0 Å². The Bertz CT molecular complexity index is 660. The fourth-order valence-corrected chi connectivity index (χ4v) is 3.49. The molecule has 2 aromatic heterocycles. The number of aromatic nitrogens is 4. The highest BCUT2D eigenvalue weighted by Crippen LogP contribution is 2.43. The number of fused-ring (bicyclic) bond motifs is 1. The van der Waals surface area contributed by atoms with E-state index in [1.165, 1.54) is 17.2 Å². The molecular formula is C10H11FN4O3S. The van der Waals surface area contributed by atoms with E-state index in [9.17, 15) is 14.3 Å². The first kappa shape index (κ1) is 12.6. The molecule has 4 atom stereocenters. The van der Waals surface area contributed by atoms with Crippen molar-refractivity contribution in [3.63, 3.8) is 0 Å². The number of nitrogens with one attached hydrogen (secondary N) is 1. The van der Waals surface area contributed by atoms with Crippen LogP contribution in [0.5, 0.6) is 0 Å². The van der Waals surface area contributed by atoms with Gasteiger partial charge in [0.05, 0.1) is 24.5 Å². The minimum absolute atomic E-state index is 0.137. The summed E-state index contributed by atoms with van der Waals surface area (Å²) in [5, 5.41) is 17.6. The number of aliphatic hydroxyl groups is 2. The number of H-pyrrole nitrogens is 1. The van der Waals surface area contributed by atoms with E-state index in [-0.39, 0.29) is 17.8 Å². The fraction of sp³-hybridized carbons (Fsp3) is 0.500. The number of halogens is 1. The lowest BCUT2D eigenvalue weighted by Gasteiger charge is -2.15. The predicted octanol–water partition coefficient (Wildman–Crippen LogP) is -0.575. The highest BCUT2D eigenvalue weighted by atomic mass is 32.2. The Morgan fingerprint density at radius 2 is 2.32 bits per heavy atom. The second-order valence-electron chi connectivity index (χ2n) is 4.24. The summed E-state index contributed by atoms with van der Waals surface area (Å²) in [6, 6.07) is 0. The molecule has 1 fully saturated rings. The van der Waals surface area contributed by atoms with Gasteiger partial charge in [-0.2, -0.15) is 0 Å². The second kappa shape index (κ2) is 4.58. The summed E-state index contributed by atoms with van der Waals surface area (Å²) < 4.78 is 15.2. The molecule has 102 valence electrons. The van der Waals surface area contributed by atoms with Crippen molar-refractivity contribution in [1.29, 1.82) is 0 Å². The standard InChI is InChI=1S/C10H11FN4O3S/c11-5-4(1-16)19-10(7(5)17)15-3-14-6-8(15)12-2-13-9(6)18/h2-5,7,10,16-17H,1H2,(H,12,13,18)/t4-,5-,7-,10-/m1/s1. The molecule has 0 bridgehead atoms. The van der Waals surface area contributed by atoms with Crippen molar-refractivity contribution in [2.45, 2.75) is 22.9 Å². The van der Waals surface area contributed by atoms with Crippen LogP contribution in [-0.4, -0.2) is 53.9 Å². The largest absolute Gasteiger partial charge is 0.395 e. The molecule has 0 aliphatic carbocycles. The topological polar surface area (TPSA) is 104 Å². The van der Waals surface area contributed by atoms with Crippen molar-refractivity contribution in [2.24, 2.45) is 0 Å². The number of imidazole rings is 1. The molecule has 7 nitrogen and oxygen atoms in total. The first-order valence-corrected chi connectivity index (χ1v) is 6.56. The van der Waals surface area contributed by atoms with Gasteiger partial charge in [-0.3, -0.25) is 9.36 Å². The highest BCUT2D eigenvalue weighted by Gasteiger charge is 2.44. The van der Waals surface area contributed by atoms with Crippen molar-refractivity contribution < 1.29 is 14.6 Å². The Kier molecular flexibility index (Phi) is 3.03. The number of aromatic amines is 1. The lowest BCUT2D eigenvalue weighted by molar-refractivity contribution is 0.0642. The minimum atomic E-state index is -1.53. The second-order valence-corrected chi connectivity index (χ2v) is 5.60. The third-order valence-corrected chi connectivity index (χ3v) is 4.65. The van der Waals surface area contributed by atoms with Crippen LogP contribution < -0.4 is 5.56 Å². The van der Waals surface area contributed by atoms with Gasteiger partial charge >= 0.3 is 0 Å². The molecule has 0 saturated carbocycles. The average Bonchev–Trinajstić information content (AvgIpc) is 2.94. The molecule has 3 heterocycles. The molecule has 0 radical (unpaired) electrons. The summed E-state index contributed by atoms with van der Waals surface area (Å²) in [4.78, 5) is 21.8. The molecular weight excluding hydrogens is 275 g/mol. The van der Waals surface area contributed by atoms with Crippen LogP contribution >= 0.6 is 11.8 Å². The van der Waals surface area contributed by atoms with Crippen molar-refractivity contribution in [1.82, 2.24) is 19.5 Å². The van der Waals surface area contributed by atoms with Crippen LogP contribution in [0.1, 0.15) is 5.37 Å². The number of aliphatic hydroxyl groups excluding tert-OH is 2. The molecule has 9 heteroatoms. The average molecular weight is 286 g/mol. The SMILES string of the molecule is O=c1[nH]cnc2c1ncn2[C@@H]1S[C@H](CO)[C@@H](F)[C@H]1O. The van der Waals surface area contributed by atoms with Crippen molar-refractivity contribution in [3.05, 3.63) is 23.0 Å². The van der Waals surface area contributed by atoms with Gasteiger partial charge in [0.2, 0.25) is 0 Å². The number of thioether (sulfide) groups is 1.